The number of hydrogen-bond donors (Lipinski definition) is 2. The summed E-state index contributed by atoms with van der Waals surface area (Å²) in [5, 5.41) is 8.96. The van der Waals surface area contributed by atoms with Crippen molar-refractivity contribution in [1.29, 1.82) is 0 Å². The number of ether oxygens (including phenoxy) is 1. The molecule has 2 amide bonds. The summed E-state index contributed by atoms with van der Waals surface area (Å²) >= 11 is 0. The molecule has 0 saturated heterocycles. The predicted molar refractivity (Wildman–Crippen MR) is 99.0 cm³/mol. The van der Waals surface area contributed by atoms with Gasteiger partial charge in [-0.15, -0.1) is 0 Å². The SMILES string of the molecule is Cc1cc(NC(=O)COC(=O)[C@H](C)NC(=O)C23CC4CC(CC(C4)C2)C3)no1. The largest absolute Gasteiger partial charge is 0.454 e. The maximum absolute atomic E-state index is 13.0. The van der Waals surface area contributed by atoms with E-state index in [1.165, 1.54) is 19.3 Å². The van der Waals surface area contributed by atoms with Crippen LogP contribution in [-0.2, 0) is 19.1 Å². The molecule has 1 aromatic heterocycles. The Labute approximate surface area is 163 Å². The van der Waals surface area contributed by atoms with Crippen LogP contribution in [0, 0.1) is 30.1 Å². The Morgan fingerprint density at radius 3 is 2.36 bits per heavy atom. The molecular formula is C20H27N3O5. The average Bonchev–Trinajstić information content (AvgIpc) is 3.03. The van der Waals surface area contributed by atoms with Gasteiger partial charge in [-0.3, -0.25) is 9.59 Å². The molecule has 1 heterocycles. The van der Waals surface area contributed by atoms with E-state index < -0.39 is 24.5 Å². The molecule has 0 aromatic carbocycles. The van der Waals surface area contributed by atoms with Gasteiger partial charge in [0.1, 0.15) is 11.8 Å². The van der Waals surface area contributed by atoms with Crippen LogP contribution in [0.3, 0.4) is 0 Å². The van der Waals surface area contributed by atoms with E-state index in [1.807, 2.05) is 0 Å². The molecule has 8 nitrogen and oxygen atoms in total. The first-order chi connectivity index (χ1) is 13.3. The molecule has 5 rings (SSSR count). The van der Waals surface area contributed by atoms with Gasteiger partial charge in [-0.2, -0.15) is 0 Å². The summed E-state index contributed by atoms with van der Waals surface area (Å²) in [6, 6.07) is 0.774. The zero-order valence-electron chi connectivity index (χ0n) is 16.3. The minimum Gasteiger partial charge on any atom is -0.454 e. The number of aryl methyl sites for hydroxylation is 1. The zero-order valence-corrected chi connectivity index (χ0v) is 16.3. The molecule has 8 heteroatoms. The Balaban J connectivity index is 1.26. The second-order valence-corrected chi connectivity index (χ2v) is 8.87. The first-order valence-corrected chi connectivity index (χ1v) is 10.0. The van der Waals surface area contributed by atoms with Crippen LogP contribution in [0.4, 0.5) is 5.82 Å². The highest BCUT2D eigenvalue weighted by atomic mass is 16.5. The third-order valence-electron chi connectivity index (χ3n) is 6.46. The molecule has 4 aliphatic carbocycles. The van der Waals surface area contributed by atoms with Crippen LogP contribution >= 0.6 is 0 Å². The number of carbonyl (C=O) groups is 3. The lowest BCUT2D eigenvalue weighted by atomic mass is 9.49. The summed E-state index contributed by atoms with van der Waals surface area (Å²) in [6.07, 6.45) is 6.57. The van der Waals surface area contributed by atoms with E-state index in [4.69, 9.17) is 9.26 Å². The summed E-state index contributed by atoms with van der Waals surface area (Å²) in [7, 11) is 0. The number of carbonyl (C=O) groups excluding carboxylic acids is 3. The number of hydrogen-bond acceptors (Lipinski definition) is 6. The van der Waals surface area contributed by atoms with Gasteiger partial charge in [-0.05, 0) is 70.1 Å². The number of nitrogens with one attached hydrogen (secondary N) is 2. The maximum Gasteiger partial charge on any atom is 0.328 e. The molecule has 152 valence electrons. The number of nitrogens with zero attached hydrogens (tertiary/aromatic N) is 1. The fourth-order valence-electron chi connectivity index (χ4n) is 5.66. The van der Waals surface area contributed by atoms with Gasteiger partial charge in [0.2, 0.25) is 5.91 Å². The molecule has 1 atom stereocenters. The molecule has 4 saturated carbocycles. The van der Waals surface area contributed by atoms with E-state index in [9.17, 15) is 14.4 Å². The van der Waals surface area contributed by atoms with E-state index in [0.717, 1.165) is 19.3 Å². The van der Waals surface area contributed by atoms with Gasteiger partial charge in [-0.25, -0.2) is 4.79 Å². The smallest absolute Gasteiger partial charge is 0.328 e. The molecule has 4 fully saturated rings. The van der Waals surface area contributed by atoms with Crippen molar-refractivity contribution < 1.29 is 23.6 Å². The van der Waals surface area contributed by atoms with Crippen molar-refractivity contribution in [2.75, 3.05) is 11.9 Å². The Kier molecular flexibility index (Phi) is 4.89. The Morgan fingerprint density at radius 1 is 1.21 bits per heavy atom. The topological polar surface area (TPSA) is 111 Å². The Bertz CT molecular complexity index is 751. The van der Waals surface area contributed by atoms with Gasteiger partial charge in [0.05, 0.1) is 0 Å². The number of aromatic nitrogens is 1. The van der Waals surface area contributed by atoms with E-state index in [2.05, 4.69) is 15.8 Å². The summed E-state index contributed by atoms with van der Waals surface area (Å²) in [5.41, 5.74) is -0.314. The lowest BCUT2D eigenvalue weighted by Gasteiger charge is -2.55. The summed E-state index contributed by atoms with van der Waals surface area (Å²) in [6.45, 7) is 2.86. The summed E-state index contributed by atoms with van der Waals surface area (Å²) < 4.78 is 9.89. The van der Waals surface area contributed by atoms with Crippen molar-refractivity contribution in [3.8, 4) is 0 Å². The van der Waals surface area contributed by atoms with Crippen molar-refractivity contribution in [1.82, 2.24) is 10.5 Å². The third kappa shape index (κ3) is 3.77. The van der Waals surface area contributed by atoms with Crippen molar-refractivity contribution in [3.63, 3.8) is 0 Å². The zero-order chi connectivity index (χ0) is 19.9. The van der Waals surface area contributed by atoms with Crippen LogP contribution in [-0.4, -0.2) is 35.6 Å². The molecule has 2 N–H and O–H groups in total. The van der Waals surface area contributed by atoms with Crippen LogP contribution in [0.2, 0.25) is 0 Å². The highest BCUT2D eigenvalue weighted by Gasteiger charge is 2.54. The fourth-order valence-corrected chi connectivity index (χ4v) is 5.66. The van der Waals surface area contributed by atoms with Crippen LogP contribution in [0.15, 0.2) is 10.6 Å². The summed E-state index contributed by atoms with van der Waals surface area (Å²) in [5.74, 6) is 1.63. The van der Waals surface area contributed by atoms with Gasteiger partial charge in [-0.1, -0.05) is 5.16 Å². The van der Waals surface area contributed by atoms with Gasteiger partial charge in [0, 0.05) is 11.5 Å². The fraction of sp³-hybridized carbons (Fsp3) is 0.700. The van der Waals surface area contributed by atoms with Crippen LogP contribution < -0.4 is 10.6 Å². The highest BCUT2D eigenvalue weighted by Crippen LogP contribution is 2.60. The van der Waals surface area contributed by atoms with Gasteiger partial charge >= 0.3 is 5.97 Å². The van der Waals surface area contributed by atoms with Crippen molar-refractivity contribution >= 4 is 23.6 Å². The first-order valence-electron chi connectivity index (χ1n) is 10.0. The molecule has 0 aliphatic heterocycles. The Morgan fingerprint density at radius 2 is 1.82 bits per heavy atom. The lowest BCUT2D eigenvalue weighted by molar-refractivity contribution is -0.154. The molecule has 1 aromatic rings. The molecule has 0 radical (unpaired) electrons. The van der Waals surface area contributed by atoms with Crippen molar-refractivity contribution in [2.24, 2.45) is 23.2 Å². The lowest BCUT2D eigenvalue weighted by Crippen LogP contribution is -2.56. The van der Waals surface area contributed by atoms with Gasteiger partial charge < -0.3 is 19.9 Å². The second kappa shape index (κ2) is 7.22. The molecule has 4 aliphatic rings. The minimum absolute atomic E-state index is 0.0291. The highest BCUT2D eigenvalue weighted by molar-refractivity contribution is 5.93. The monoisotopic (exact) mass is 389 g/mol. The normalized spacial score (nSPS) is 31.3. The third-order valence-corrected chi connectivity index (χ3v) is 6.46. The Hall–Kier alpha value is -2.38. The van der Waals surface area contributed by atoms with E-state index in [0.29, 0.717) is 23.5 Å². The molecular weight excluding hydrogens is 362 g/mol. The van der Waals surface area contributed by atoms with E-state index >= 15 is 0 Å². The maximum atomic E-state index is 13.0. The number of anilines is 1. The van der Waals surface area contributed by atoms with Crippen LogP contribution in [0.25, 0.3) is 0 Å². The molecule has 0 spiro atoms. The van der Waals surface area contributed by atoms with Crippen molar-refractivity contribution in [2.45, 2.75) is 58.4 Å². The quantitative estimate of drug-likeness (QED) is 0.722. The molecule has 4 bridgehead atoms. The molecule has 28 heavy (non-hydrogen) atoms. The number of esters is 1. The average molecular weight is 389 g/mol. The van der Waals surface area contributed by atoms with E-state index in [-0.39, 0.29) is 17.1 Å². The minimum atomic E-state index is -0.789. The van der Waals surface area contributed by atoms with Crippen LogP contribution in [0.5, 0.6) is 0 Å². The first kappa shape index (κ1) is 19.0. The standard InChI is InChI=1S/C20H27N3O5/c1-11-3-16(23-28-11)22-17(24)10-27-18(25)12(2)21-19(26)20-7-13-4-14(8-20)6-15(5-13)9-20/h3,12-15H,4-10H2,1-2H3,(H,21,26)(H,22,23,24)/t12-,13?,14?,15?,20?/m0/s1. The summed E-state index contributed by atoms with van der Waals surface area (Å²) in [4.78, 5) is 37.0. The number of amides is 2. The van der Waals surface area contributed by atoms with Crippen LogP contribution in [0.1, 0.15) is 51.2 Å². The second-order valence-electron chi connectivity index (χ2n) is 8.87. The van der Waals surface area contributed by atoms with Crippen molar-refractivity contribution in [3.05, 3.63) is 11.8 Å². The molecule has 0 unspecified atom stereocenters. The number of rotatable bonds is 6. The van der Waals surface area contributed by atoms with Gasteiger partial charge in [0.25, 0.3) is 5.91 Å². The predicted octanol–water partition coefficient (Wildman–Crippen LogP) is 2.19. The van der Waals surface area contributed by atoms with Gasteiger partial charge in [0.15, 0.2) is 12.4 Å². The van der Waals surface area contributed by atoms with E-state index in [1.54, 1.807) is 19.9 Å².